The number of aryl methyl sites for hydroxylation is 1. The van der Waals surface area contributed by atoms with E-state index in [0.717, 1.165) is 24.1 Å². The molecule has 0 spiro atoms. The van der Waals surface area contributed by atoms with Crippen LogP contribution < -0.4 is 5.32 Å². The Bertz CT molecular complexity index is 931. The van der Waals surface area contributed by atoms with Gasteiger partial charge in [-0.2, -0.15) is 0 Å². The van der Waals surface area contributed by atoms with Gasteiger partial charge in [-0.15, -0.1) is 5.10 Å². The lowest BCUT2D eigenvalue weighted by Crippen LogP contribution is -2.16. The maximum Gasteiger partial charge on any atom is 0.279 e. The van der Waals surface area contributed by atoms with Gasteiger partial charge in [-0.25, -0.2) is 14.1 Å². The number of halogens is 1. The number of amides is 1. The zero-order valence-corrected chi connectivity index (χ0v) is 13.6. The van der Waals surface area contributed by atoms with E-state index >= 15 is 0 Å². The third-order valence-corrected chi connectivity index (χ3v) is 4.09. The first-order chi connectivity index (χ1) is 12.1. The van der Waals surface area contributed by atoms with E-state index in [1.807, 2.05) is 13.0 Å². The third kappa shape index (κ3) is 3.13. The van der Waals surface area contributed by atoms with Crippen molar-refractivity contribution >= 4 is 11.7 Å². The molecule has 2 heterocycles. The number of anilines is 1. The van der Waals surface area contributed by atoms with Gasteiger partial charge in [0.1, 0.15) is 11.6 Å². The number of hydrogen-bond donors (Lipinski definition) is 1. The normalized spacial score (nSPS) is 13.7. The molecule has 0 atom stereocenters. The fourth-order valence-corrected chi connectivity index (χ4v) is 2.69. The zero-order valence-electron chi connectivity index (χ0n) is 13.6. The van der Waals surface area contributed by atoms with Crippen molar-refractivity contribution in [3.63, 3.8) is 0 Å². The predicted molar refractivity (Wildman–Crippen MR) is 90.2 cm³/mol. The molecule has 0 aliphatic heterocycles. The van der Waals surface area contributed by atoms with Crippen molar-refractivity contribution in [3.05, 3.63) is 65.4 Å². The lowest BCUT2D eigenvalue weighted by Gasteiger charge is -2.07. The van der Waals surface area contributed by atoms with Gasteiger partial charge in [0.15, 0.2) is 5.69 Å². The van der Waals surface area contributed by atoms with Gasteiger partial charge in [0, 0.05) is 12.1 Å². The molecule has 0 radical (unpaired) electrons. The Balaban J connectivity index is 1.68. The molecule has 0 bridgehead atoms. The topological polar surface area (TPSA) is 72.7 Å². The number of carbonyl (C=O) groups excluding carboxylic acids is 1. The fraction of sp³-hybridized carbons (Fsp3) is 0.222. The standard InChI is InChI=1S/C18H16FN5O/c1-11-5-8-15(20-10-11)21-18(25)16-17(12-6-7-12)24(23-22-16)14-4-2-3-13(19)9-14/h2-5,8-10,12H,6-7H2,1H3,(H,20,21,25). The monoisotopic (exact) mass is 337 g/mol. The minimum Gasteiger partial charge on any atom is -0.305 e. The molecule has 6 nitrogen and oxygen atoms in total. The number of carbonyl (C=O) groups is 1. The van der Waals surface area contributed by atoms with E-state index in [1.165, 1.54) is 12.1 Å². The second-order valence-electron chi connectivity index (χ2n) is 6.16. The number of pyridine rings is 1. The molecule has 1 fully saturated rings. The maximum atomic E-state index is 13.5. The first-order valence-corrected chi connectivity index (χ1v) is 8.07. The average Bonchev–Trinajstić information content (AvgIpc) is 3.34. The molecule has 2 aromatic heterocycles. The second kappa shape index (κ2) is 6.08. The SMILES string of the molecule is Cc1ccc(NC(=O)c2nnn(-c3cccc(F)c3)c2C2CC2)nc1. The Kier molecular flexibility index (Phi) is 3.76. The van der Waals surface area contributed by atoms with Crippen LogP contribution in [-0.2, 0) is 0 Å². The Morgan fingerprint density at radius 2 is 2.12 bits per heavy atom. The van der Waals surface area contributed by atoms with Crippen molar-refractivity contribution in [1.82, 2.24) is 20.0 Å². The minimum absolute atomic E-state index is 0.213. The van der Waals surface area contributed by atoms with Gasteiger partial charge < -0.3 is 5.32 Å². The van der Waals surface area contributed by atoms with Gasteiger partial charge in [-0.3, -0.25) is 4.79 Å². The van der Waals surface area contributed by atoms with Gasteiger partial charge >= 0.3 is 0 Å². The van der Waals surface area contributed by atoms with Crippen LogP contribution in [0.3, 0.4) is 0 Å². The molecule has 0 saturated heterocycles. The molecule has 1 N–H and O–H groups in total. The molecule has 7 heteroatoms. The van der Waals surface area contributed by atoms with Gasteiger partial charge in [0.2, 0.25) is 0 Å². The summed E-state index contributed by atoms with van der Waals surface area (Å²) < 4.78 is 15.1. The van der Waals surface area contributed by atoms with Crippen LogP contribution in [0.4, 0.5) is 10.2 Å². The van der Waals surface area contributed by atoms with Crippen molar-refractivity contribution in [2.24, 2.45) is 0 Å². The molecule has 3 aromatic rings. The maximum absolute atomic E-state index is 13.5. The quantitative estimate of drug-likeness (QED) is 0.793. The predicted octanol–water partition coefficient (Wildman–Crippen LogP) is 3.24. The molecular weight excluding hydrogens is 321 g/mol. The molecule has 126 valence electrons. The van der Waals surface area contributed by atoms with Gasteiger partial charge in [0.05, 0.1) is 11.4 Å². The van der Waals surface area contributed by atoms with E-state index in [-0.39, 0.29) is 23.3 Å². The smallest absolute Gasteiger partial charge is 0.279 e. The molecule has 4 rings (SSSR count). The van der Waals surface area contributed by atoms with Crippen molar-refractivity contribution < 1.29 is 9.18 Å². The number of rotatable bonds is 4. The first kappa shape index (κ1) is 15.4. The Hall–Kier alpha value is -3.09. The van der Waals surface area contributed by atoms with Gasteiger partial charge in [-0.1, -0.05) is 17.3 Å². The number of nitrogens with one attached hydrogen (secondary N) is 1. The summed E-state index contributed by atoms with van der Waals surface area (Å²) in [5.41, 5.74) is 2.54. The minimum atomic E-state index is -0.360. The summed E-state index contributed by atoms with van der Waals surface area (Å²) in [5.74, 6) is -0.0480. The molecule has 1 aliphatic carbocycles. The Morgan fingerprint density at radius 1 is 1.28 bits per heavy atom. The van der Waals surface area contributed by atoms with Crippen LogP contribution in [0.25, 0.3) is 5.69 Å². The Labute approximate surface area is 143 Å². The highest BCUT2D eigenvalue weighted by Crippen LogP contribution is 2.42. The highest BCUT2D eigenvalue weighted by Gasteiger charge is 2.34. The van der Waals surface area contributed by atoms with E-state index in [9.17, 15) is 9.18 Å². The number of benzene rings is 1. The molecule has 1 aromatic carbocycles. The fourth-order valence-electron chi connectivity index (χ4n) is 2.69. The molecule has 1 aliphatic rings. The van der Waals surface area contributed by atoms with Crippen LogP contribution in [0.15, 0.2) is 42.6 Å². The van der Waals surface area contributed by atoms with E-state index in [4.69, 9.17) is 0 Å². The van der Waals surface area contributed by atoms with E-state index < -0.39 is 0 Å². The summed E-state index contributed by atoms with van der Waals surface area (Å²) in [4.78, 5) is 16.8. The molecule has 0 unspecified atom stereocenters. The lowest BCUT2D eigenvalue weighted by molar-refractivity contribution is 0.102. The molecular formula is C18H16FN5O. The third-order valence-electron chi connectivity index (χ3n) is 4.09. The summed E-state index contributed by atoms with van der Waals surface area (Å²) in [6.45, 7) is 1.92. The van der Waals surface area contributed by atoms with Crippen LogP contribution in [-0.4, -0.2) is 25.9 Å². The van der Waals surface area contributed by atoms with Gasteiger partial charge in [-0.05, 0) is 49.6 Å². The van der Waals surface area contributed by atoms with E-state index in [0.29, 0.717) is 11.5 Å². The van der Waals surface area contributed by atoms with Gasteiger partial charge in [0.25, 0.3) is 5.91 Å². The summed E-state index contributed by atoms with van der Waals surface area (Å²) in [6.07, 6.45) is 3.61. The summed E-state index contributed by atoms with van der Waals surface area (Å²) in [6, 6.07) is 9.71. The molecule has 1 saturated carbocycles. The number of aromatic nitrogens is 4. The summed E-state index contributed by atoms with van der Waals surface area (Å²) in [5, 5.41) is 10.9. The average molecular weight is 337 g/mol. The second-order valence-corrected chi connectivity index (χ2v) is 6.16. The Morgan fingerprint density at radius 3 is 2.80 bits per heavy atom. The van der Waals surface area contributed by atoms with Crippen LogP contribution in [0.2, 0.25) is 0 Å². The molecule has 25 heavy (non-hydrogen) atoms. The highest BCUT2D eigenvalue weighted by molar-refractivity contribution is 6.03. The summed E-state index contributed by atoms with van der Waals surface area (Å²) in [7, 11) is 0. The van der Waals surface area contributed by atoms with E-state index in [1.54, 1.807) is 29.1 Å². The lowest BCUT2D eigenvalue weighted by atomic mass is 10.2. The molecule has 1 amide bonds. The van der Waals surface area contributed by atoms with E-state index in [2.05, 4.69) is 20.6 Å². The van der Waals surface area contributed by atoms with Crippen molar-refractivity contribution in [1.29, 1.82) is 0 Å². The van der Waals surface area contributed by atoms with Crippen molar-refractivity contribution in [2.45, 2.75) is 25.7 Å². The number of nitrogens with zero attached hydrogens (tertiary/aromatic N) is 4. The first-order valence-electron chi connectivity index (χ1n) is 8.07. The van der Waals surface area contributed by atoms with Crippen molar-refractivity contribution in [3.8, 4) is 5.69 Å². The van der Waals surface area contributed by atoms with Crippen LogP contribution in [0.1, 0.15) is 40.5 Å². The number of hydrogen-bond acceptors (Lipinski definition) is 4. The van der Waals surface area contributed by atoms with Crippen LogP contribution in [0.5, 0.6) is 0 Å². The summed E-state index contributed by atoms with van der Waals surface area (Å²) >= 11 is 0. The van der Waals surface area contributed by atoms with Crippen molar-refractivity contribution in [2.75, 3.05) is 5.32 Å². The largest absolute Gasteiger partial charge is 0.305 e. The highest BCUT2D eigenvalue weighted by atomic mass is 19.1. The zero-order chi connectivity index (χ0) is 17.4. The van der Waals surface area contributed by atoms with Crippen LogP contribution >= 0.6 is 0 Å². The van der Waals surface area contributed by atoms with Crippen LogP contribution in [0, 0.1) is 12.7 Å².